The van der Waals surface area contributed by atoms with Crippen LogP contribution in [-0.4, -0.2) is 53.0 Å². The Labute approximate surface area is 173 Å². The maximum absolute atomic E-state index is 13.3. The summed E-state index contributed by atoms with van der Waals surface area (Å²) in [7, 11) is 0. The predicted molar refractivity (Wildman–Crippen MR) is 112 cm³/mol. The van der Waals surface area contributed by atoms with Crippen LogP contribution in [0.1, 0.15) is 18.6 Å². The largest absolute Gasteiger partial charge is 0.468 e. The first-order valence-corrected chi connectivity index (χ1v) is 9.66. The predicted octanol–water partition coefficient (Wildman–Crippen LogP) is 0.968. The molecule has 2 aromatic heterocycles. The van der Waals surface area contributed by atoms with Crippen LogP contribution in [0.25, 0.3) is 0 Å². The van der Waals surface area contributed by atoms with Crippen molar-refractivity contribution in [2.45, 2.75) is 24.9 Å². The summed E-state index contributed by atoms with van der Waals surface area (Å²) in [6.45, 7) is 2.63. The Morgan fingerprint density at radius 2 is 2.13 bits per heavy atom. The van der Waals surface area contributed by atoms with Crippen molar-refractivity contribution in [3.8, 4) is 0 Å². The molecule has 0 saturated carbocycles. The van der Waals surface area contributed by atoms with Crippen molar-refractivity contribution in [1.29, 1.82) is 0 Å². The van der Waals surface area contributed by atoms with E-state index < -0.39 is 23.3 Å². The number of piperidine rings is 1. The molecule has 1 aliphatic rings. The van der Waals surface area contributed by atoms with Crippen LogP contribution in [0.2, 0.25) is 0 Å². The van der Waals surface area contributed by atoms with Crippen molar-refractivity contribution in [2.24, 2.45) is 33.1 Å². The minimum absolute atomic E-state index is 0.0701. The van der Waals surface area contributed by atoms with E-state index in [1.54, 1.807) is 6.26 Å². The number of halogens is 1. The Bertz CT molecular complexity index is 906. The molecular weight excluding hydrogens is 389 g/mol. The molecule has 0 bridgehead atoms. The van der Waals surface area contributed by atoms with E-state index in [4.69, 9.17) is 21.6 Å². The number of amides is 1. The zero-order valence-corrected chi connectivity index (χ0v) is 16.6. The van der Waals surface area contributed by atoms with Crippen LogP contribution in [0.5, 0.6) is 0 Å². The molecule has 10 heteroatoms. The Balaban J connectivity index is 1.69. The lowest BCUT2D eigenvalue weighted by Crippen LogP contribution is -2.48. The number of nitrogens with zero attached hydrogens (tertiary/aromatic N) is 4. The van der Waals surface area contributed by atoms with Gasteiger partial charge in [0.1, 0.15) is 17.5 Å². The molecule has 1 atom stereocenters. The highest BCUT2D eigenvalue weighted by Gasteiger charge is 2.33. The molecule has 0 aromatic carbocycles. The zero-order chi connectivity index (χ0) is 21.6. The van der Waals surface area contributed by atoms with Crippen molar-refractivity contribution in [2.75, 3.05) is 19.6 Å². The molecule has 1 saturated heterocycles. The summed E-state index contributed by atoms with van der Waals surface area (Å²) in [4.78, 5) is 26.3. The molecule has 3 heterocycles. The van der Waals surface area contributed by atoms with E-state index in [1.807, 2.05) is 12.1 Å². The van der Waals surface area contributed by atoms with E-state index in [0.29, 0.717) is 6.54 Å². The van der Waals surface area contributed by atoms with Gasteiger partial charge in [0.15, 0.2) is 0 Å². The number of furan rings is 1. The average molecular weight is 415 g/mol. The molecule has 160 valence electrons. The highest BCUT2D eigenvalue weighted by molar-refractivity contribution is 6.14. The third kappa shape index (κ3) is 5.49. The second-order valence-electron chi connectivity index (χ2n) is 7.32. The fourth-order valence-electron chi connectivity index (χ4n) is 3.34. The van der Waals surface area contributed by atoms with Gasteiger partial charge in [0.25, 0.3) is 0 Å². The van der Waals surface area contributed by atoms with Gasteiger partial charge in [-0.3, -0.25) is 14.7 Å². The lowest BCUT2D eigenvalue weighted by atomic mass is 9.88. The minimum Gasteiger partial charge on any atom is -0.468 e. The molecule has 6 N–H and O–H groups in total. The highest BCUT2D eigenvalue weighted by atomic mass is 19.1. The van der Waals surface area contributed by atoms with Crippen molar-refractivity contribution < 1.29 is 13.6 Å². The summed E-state index contributed by atoms with van der Waals surface area (Å²) in [5, 5.41) is 0. The average Bonchev–Trinajstić information content (AvgIpc) is 3.22. The van der Waals surface area contributed by atoms with Crippen LogP contribution in [0.15, 0.2) is 51.1 Å². The number of carbonyl (C=O) groups excluding carboxylic acids is 1. The maximum Gasteiger partial charge on any atom is 0.233 e. The number of primary amides is 1. The molecule has 1 amide bonds. The van der Waals surface area contributed by atoms with E-state index in [2.05, 4.69) is 19.9 Å². The molecule has 2 aromatic rings. The number of amidine groups is 1. The van der Waals surface area contributed by atoms with E-state index in [9.17, 15) is 9.18 Å². The number of carbonyl (C=O) groups is 1. The number of hydrogen-bond acceptors (Lipinski definition) is 7. The third-order valence-electron chi connectivity index (χ3n) is 5.22. The fourth-order valence-corrected chi connectivity index (χ4v) is 3.34. The van der Waals surface area contributed by atoms with Crippen molar-refractivity contribution in [1.82, 2.24) is 9.88 Å². The lowest BCUT2D eigenvalue weighted by molar-refractivity contribution is -0.118. The molecule has 9 nitrogen and oxygen atoms in total. The van der Waals surface area contributed by atoms with Gasteiger partial charge in [-0.2, -0.15) is 4.39 Å². The van der Waals surface area contributed by atoms with Crippen LogP contribution in [0, 0.1) is 11.9 Å². The monoisotopic (exact) mass is 415 g/mol. The Morgan fingerprint density at radius 1 is 1.37 bits per heavy atom. The Kier molecular flexibility index (Phi) is 6.91. The van der Waals surface area contributed by atoms with Crippen LogP contribution < -0.4 is 17.2 Å². The molecule has 1 aliphatic heterocycles. The number of hydrogen-bond donors (Lipinski definition) is 3. The SMILES string of the molecule is NCC1(N=CC(C(N)=O)C(N)=Nc2ccnc(F)c2)CCN(Cc2ccco2)CC1. The molecule has 3 rings (SSSR count). The maximum atomic E-state index is 13.3. The summed E-state index contributed by atoms with van der Waals surface area (Å²) in [6, 6.07) is 6.39. The van der Waals surface area contributed by atoms with E-state index in [0.717, 1.165) is 44.3 Å². The van der Waals surface area contributed by atoms with E-state index in [1.165, 1.54) is 18.5 Å². The quantitative estimate of drug-likeness (QED) is 0.332. The first-order chi connectivity index (χ1) is 14.4. The first-order valence-electron chi connectivity index (χ1n) is 9.66. The summed E-state index contributed by atoms with van der Waals surface area (Å²) < 4.78 is 18.7. The van der Waals surface area contributed by atoms with Gasteiger partial charge in [-0.15, -0.1) is 0 Å². The second kappa shape index (κ2) is 9.59. The third-order valence-corrected chi connectivity index (χ3v) is 5.22. The Hall–Kier alpha value is -3.11. The van der Waals surface area contributed by atoms with Crippen LogP contribution in [0.4, 0.5) is 10.1 Å². The summed E-state index contributed by atoms with van der Waals surface area (Å²) >= 11 is 0. The van der Waals surface area contributed by atoms with Crippen LogP contribution >= 0.6 is 0 Å². The van der Waals surface area contributed by atoms with Gasteiger partial charge in [-0.1, -0.05) is 0 Å². The smallest absolute Gasteiger partial charge is 0.233 e. The Morgan fingerprint density at radius 3 is 2.73 bits per heavy atom. The number of aliphatic imine (C=N–C) groups is 2. The number of pyridine rings is 1. The van der Waals surface area contributed by atoms with Gasteiger partial charge < -0.3 is 21.6 Å². The molecule has 1 fully saturated rings. The van der Waals surface area contributed by atoms with Crippen molar-refractivity contribution in [3.05, 3.63) is 48.4 Å². The molecule has 0 radical (unpaired) electrons. The van der Waals surface area contributed by atoms with Gasteiger partial charge in [0.2, 0.25) is 11.9 Å². The zero-order valence-electron chi connectivity index (χ0n) is 16.6. The van der Waals surface area contributed by atoms with Gasteiger partial charge >= 0.3 is 0 Å². The molecule has 0 aliphatic carbocycles. The van der Waals surface area contributed by atoms with Gasteiger partial charge in [-0.25, -0.2) is 9.98 Å². The van der Waals surface area contributed by atoms with Crippen LogP contribution in [-0.2, 0) is 11.3 Å². The summed E-state index contributed by atoms with van der Waals surface area (Å²) in [6.07, 6.45) is 5.77. The van der Waals surface area contributed by atoms with Gasteiger partial charge in [0.05, 0.1) is 24.0 Å². The molecule has 30 heavy (non-hydrogen) atoms. The first kappa shape index (κ1) is 21.6. The number of nitrogens with two attached hydrogens (primary N) is 3. The minimum atomic E-state index is -1.02. The topological polar surface area (TPSA) is 149 Å². The molecule has 1 unspecified atom stereocenters. The van der Waals surface area contributed by atoms with Crippen molar-refractivity contribution in [3.63, 3.8) is 0 Å². The fraction of sp³-hybridized carbons (Fsp3) is 0.400. The molecule has 0 spiro atoms. The van der Waals surface area contributed by atoms with Gasteiger partial charge in [-0.05, 0) is 31.0 Å². The summed E-state index contributed by atoms with van der Waals surface area (Å²) in [5.41, 5.74) is 17.2. The second-order valence-corrected chi connectivity index (χ2v) is 7.32. The van der Waals surface area contributed by atoms with Crippen LogP contribution in [0.3, 0.4) is 0 Å². The number of likely N-dealkylation sites (tertiary alicyclic amines) is 1. The lowest BCUT2D eigenvalue weighted by Gasteiger charge is -2.38. The highest BCUT2D eigenvalue weighted by Crippen LogP contribution is 2.26. The normalized spacial score (nSPS) is 18.5. The summed E-state index contributed by atoms with van der Waals surface area (Å²) in [5.74, 6) is -1.58. The van der Waals surface area contributed by atoms with E-state index in [-0.39, 0.29) is 11.5 Å². The molecular formula is C20H26FN7O2. The number of rotatable bonds is 8. The van der Waals surface area contributed by atoms with Crippen molar-refractivity contribution >= 4 is 23.6 Å². The number of aromatic nitrogens is 1. The van der Waals surface area contributed by atoms with Gasteiger partial charge in [0, 0.05) is 38.1 Å². The standard InChI is InChI=1S/C20H26FN7O2/c21-17-10-14(3-6-25-17)27-18(23)16(19(24)29)11-26-20(13-22)4-7-28(8-5-20)12-15-2-1-9-30-15/h1-3,6,9-11,16H,4-5,7-8,12-13,22H2,(H2,24,29)(H2,23,25,27). The van der Waals surface area contributed by atoms with E-state index >= 15 is 0 Å².